The molecule has 0 bridgehead atoms. The number of hydrogen-bond donors (Lipinski definition) is 1. The second-order valence-corrected chi connectivity index (χ2v) is 4.61. The highest BCUT2D eigenvalue weighted by Gasteiger charge is 2.55. The van der Waals surface area contributed by atoms with Gasteiger partial charge in [0.1, 0.15) is 11.5 Å². The van der Waals surface area contributed by atoms with Crippen LogP contribution in [0.2, 0.25) is 0 Å². The summed E-state index contributed by atoms with van der Waals surface area (Å²) in [7, 11) is 0. The Morgan fingerprint density at radius 2 is 2.06 bits per heavy atom. The van der Waals surface area contributed by atoms with Crippen LogP contribution in [0.25, 0.3) is 0 Å². The van der Waals surface area contributed by atoms with E-state index in [1.807, 2.05) is 4.90 Å². The van der Waals surface area contributed by atoms with Crippen molar-refractivity contribution in [3.8, 4) is 0 Å². The van der Waals surface area contributed by atoms with Gasteiger partial charge in [-0.05, 0) is 12.1 Å². The standard InChI is InChI=1S/C11H11FN2O3/c12-6-1-2-9(10(3-6)14(16)17)13-4-7-8(5-13)11(7)15/h1-3,7-8,11,15H,4-5H2/t7-,8?,11?/m1/s1. The van der Waals surface area contributed by atoms with Crippen LogP contribution in [0.15, 0.2) is 18.2 Å². The third-order valence-corrected chi connectivity index (χ3v) is 3.62. The Morgan fingerprint density at radius 1 is 1.41 bits per heavy atom. The van der Waals surface area contributed by atoms with Crippen LogP contribution in [0.4, 0.5) is 15.8 Å². The van der Waals surface area contributed by atoms with Crippen LogP contribution in [0.3, 0.4) is 0 Å². The molecule has 0 radical (unpaired) electrons. The predicted octanol–water partition coefficient (Wildman–Crippen LogP) is 1.16. The van der Waals surface area contributed by atoms with Gasteiger partial charge in [-0.25, -0.2) is 4.39 Å². The topological polar surface area (TPSA) is 66.6 Å². The van der Waals surface area contributed by atoms with Gasteiger partial charge in [0.15, 0.2) is 0 Å². The van der Waals surface area contributed by atoms with E-state index in [2.05, 4.69) is 0 Å². The second-order valence-electron chi connectivity index (χ2n) is 4.61. The SMILES string of the molecule is O=[N+]([O-])c1cc(F)ccc1N1CC2C(O)[C@@H]2C1. The van der Waals surface area contributed by atoms with Crippen LogP contribution in [-0.2, 0) is 0 Å². The Balaban J connectivity index is 1.90. The summed E-state index contributed by atoms with van der Waals surface area (Å²) in [5.41, 5.74) is 0.233. The van der Waals surface area contributed by atoms with Crippen molar-refractivity contribution in [2.75, 3.05) is 18.0 Å². The zero-order valence-corrected chi connectivity index (χ0v) is 8.91. The fourth-order valence-electron chi connectivity index (χ4n) is 2.60. The van der Waals surface area contributed by atoms with E-state index in [1.165, 1.54) is 12.1 Å². The first-order valence-electron chi connectivity index (χ1n) is 5.45. The van der Waals surface area contributed by atoms with E-state index < -0.39 is 10.7 Å². The molecule has 2 fully saturated rings. The molecule has 1 saturated carbocycles. The van der Waals surface area contributed by atoms with E-state index in [9.17, 15) is 19.6 Å². The number of nitro groups is 1. The zero-order valence-electron chi connectivity index (χ0n) is 8.91. The number of fused-ring (bicyclic) bond motifs is 1. The van der Waals surface area contributed by atoms with Crippen molar-refractivity contribution >= 4 is 11.4 Å². The van der Waals surface area contributed by atoms with Crippen molar-refractivity contribution in [3.63, 3.8) is 0 Å². The van der Waals surface area contributed by atoms with Gasteiger partial charge in [-0.15, -0.1) is 0 Å². The lowest BCUT2D eigenvalue weighted by molar-refractivity contribution is -0.384. The monoisotopic (exact) mass is 238 g/mol. The van der Waals surface area contributed by atoms with Crippen LogP contribution < -0.4 is 4.90 Å². The summed E-state index contributed by atoms with van der Waals surface area (Å²) in [6.07, 6.45) is -0.259. The predicted molar refractivity (Wildman–Crippen MR) is 58.3 cm³/mol. The maximum atomic E-state index is 13.0. The number of piperidine rings is 1. The number of hydrogen-bond acceptors (Lipinski definition) is 4. The van der Waals surface area contributed by atoms with Crippen molar-refractivity contribution in [1.29, 1.82) is 0 Å². The number of benzene rings is 1. The van der Waals surface area contributed by atoms with Crippen LogP contribution in [-0.4, -0.2) is 29.2 Å². The molecular weight excluding hydrogens is 227 g/mol. The average Bonchev–Trinajstić information content (AvgIpc) is 2.75. The highest BCUT2D eigenvalue weighted by Crippen LogP contribution is 2.47. The average molecular weight is 238 g/mol. The molecule has 5 nitrogen and oxygen atoms in total. The largest absolute Gasteiger partial charge is 0.392 e. The first kappa shape index (κ1) is 10.5. The molecule has 3 atom stereocenters. The van der Waals surface area contributed by atoms with Gasteiger partial charge in [-0.1, -0.05) is 0 Å². The van der Waals surface area contributed by atoms with Crippen molar-refractivity contribution < 1.29 is 14.4 Å². The zero-order chi connectivity index (χ0) is 12.2. The van der Waals surface area contributed by atoms with Crippen LogP contribution in [0.1, 0.15) is 0 Å². The molecule has 2 aliphatic rings. The molecule has 0 spiro atoms. The summed E-state index contributed by atoms with van der Waals surface area (Å²) in [5, 5.41) is 20.3. The maximum Gasteiger partial charge on any atom is 0.295 e. The quantitative estimate of drug-likeness (QED) is 0.620. The number of aliphatic hydroxyl groups is 1. The van der Waals surface area contributed by atoms with Gasteiger partial charge in [0, 0.05) is 24.9 Å². The van der Waals surface area contributed by atoms with E-state index in [1.54, 1.807) is 0 Å². The number of rotatable bonds is 2. The lowest BCUT2D eigenvalue weighted by Gasteiger charge is -2.20. The molecule has 1 aliphatic heterocycles. The molecule has 0 aromatic heterocycles. The van der Waals surface area contributed by atoms with Crippen LogP contribution >= 0.6 is 0 Å². The smallest absolute Gasteiger partial charge is 0.295 e. The van der Waals surface area contributed by atoms with Crippen LogP contribution in [0, 0.1) is 27.8 Å². The van der Waals surface area contributed by atoms with Gasteiger partial charge in [0.2, 0.25) is 0 Å². The molecule has 1 aromatic carbocycles. The van der Waals surface area contributed by atoms with E-state index in [-0.39, 0.29) is 23.6 Å². The lowest BCUT2D eigenvalue weighted by atomic mass is 10.2. The molecule has 0 amide bonds. The summed E-state index contributed by atoms with van der Waals surface area (Å²) >= 11 is 0. The first-order chi connectivity index (χ1) is 8.08. The molecule has 90 valence electrons. The minimum absolute atomic E-state index is 0.208. The Morgan fingerprint density at radius 3 is 2.65 bits per heavy atom. The van der Waals surface area contributed by atoms with E-state index >= 15 is 0 Å². The second kappa shape index (κ2) is 3.40. The number of halogens is 1. The van der Waals surface area contributed by atoms with E-state index in [0.29, 0.717) is 18.8 Å². The summed E-state index contributed by atoms with van der Waals surface area (Å²) < 4.78 is 13.0. The Kier molecular flexibility index (Phi) is 2.09. The van der Waals surface area contributed by atoms with Crippen molar-refractivity contribution in [2.45, 2.75) is 6.10 Å². The summed E-state index contributed by atoms with van der Waals surface area (Å²) in [6.45, 7) is 1.22. The molecule has 6 heteroatoms. The molecular formula is C11H11FN2O3. The molecule has 2 unspecified atom stereocenters. The minimum atomic E-state index is -0.607. The maximum absolute atomic E-state index is 13.0. The van der Waals surface area contributed by atoms with E-state index in [4.69, 9.17) is 0 Å². The third kappa shape index (κ3) is 1.56. The third-order valence-electron chi connectivity index (χ3n) is 3.62. The van der Waals surface area contributed by atoms with Gasteiger partial charge in [-0.3, -0.25) is 10.1 Å². The molecule has 1 N–H and O–H groups in total. The summed E-state index contributed by atoms with van der Waals surface area (Å²) in [5.74, 6) is -0.163. The number of aliphatic hydroxyl groups excluding tert-OH is 1. The lowest BCUT2D eigenvalue weighted by Crippen LogP contribution is -2.25. The number of nitro benzene ring substituents is 1. The molecule has 1 heterocycles. The summed E-state index contributed by atoms with van der Waals surface area (Å²) in [6, 6.07) is 3.60. The van der Waals surface area contributed by atoms with Gasteiger partial charge in [-0.2, -0.15) is 0 Å². The van der Waals surface area contributed by atoms with Gasteiger partial charge in [0.25, 0.3) is 5.69 Å². The molecule has 1 aliphatic carbocycles. The molecule has 3 rings (SSSR count). The fourth-order valence-corrected chi connectivity index (χ4v) is 2.60. The van der Waals surface area contributed by atoms with Gasteiger partial charge in [0.05, 0.1) is 17.1 Å². The molecule has 1 aromatic rings. The number of nitrogens with zero attached hydrogens (tertiary/aromatic N) is 2. The normalized spacial score (nSPS) is 30.2. The molecule has 1 saturated heterocycles. The van der Waals surface area contributed by atoms with Crippen molar-refractivity contribution in [2.24, 2.45) is 11.8 Å². The summed E-state index contributed by atoms with van der Waals surface area (Å²) in [4.78, 5) is 12.1. The highest BCUT2D eigenvalue weighted by atomic mass is 19.1. The minimum Gasteiger partial charge on any atom is -0.392 e. The van der Waals surface area contributed by atoms with Gasteiger partial charge < -0.3 is 10.0 Å². The Labute approximate surface area is 96.6 Å². The molecule has 17 heavy (non-hydrogen) atoms. The van der Waals surface area contributed by atoms with Crippen LogP contribution in [0.5, 0.6) is 0 Å². The van der Waals surface area contributed by atoms with E-state index in [0.717, 1.165) is 6.07 Å². The van der Waals surface area contributed by atoms with Gasteiger partial charge >= 0.3 is 0 Å². The fraction of sp³-hybridized carbons (Fsp3) is 0.455. The Bertz CT molecular complexity index is 482. The number of anilines is 1. The Hall–Kier alpha value is -1.69. The highest BCUT2D eigenvalue weighted by molar-refractivity contribution is 5.64. The van der Waals surface area contributed by atoms with Crippen molar-refractivity contribution in [3.05, 3.63) is 34.1 Å². The first-order valence-corrected chi connectivity index (χ1v) is 5.45. The van der Waals surface area contributed by atoms with Crippen molar-refractivity contribution in [1.82, 2.24) is 0 Å².